The maximum atomic E-state index is 5.41. The number of methoxy groups -OCH3 is 1. The summed E-state index contributed by atoms with van der Waals surface area (Å²) in [4.78, 5) is 11.0. The van der Waals surface area contributed by atoms with Gasteiger partial charge in [0.25, 0.3) is 0 Å². The molecule has 5 nitrogen and oxygen atoms in total. The Morgan fingerprint density at radius 3 is 2.86 bits per heavy atom. The Hall–Kier alpha value is -2.14. The van der Waals surface area contributed by atoms with Gasteiger partial charge in [-0.15, -0.1) is 0 Å². The van der Waals surface area contributed by atoms with E-state index in [1.165, 1.54) is 12.0 Å². The van der Waals surface area contributed by atoms with Crippen molar-refractivity contribution in [2.45, 2.75) is 25.4 Å². The number of benzene rings is 1. The molecule has 1 N–H and O–H groups in total. The molecule has 1 aliphatic heterocycles. The van der Waals surface area contributed by atoms with E-state index in [1.807, 2.05) is 24.3 Å². The molecule has 5 heteroatoms. The summed E-state index contributed by atoms with van der Waals surface area (Å²) in [5.74, 6) is 1.76. The first-order valence-corrected chi connectivity index (χ1v) is 7.74. The van der Waals surface area contributed by atoms with Crippen LogP contribution in [-0.4, -0.2) is 36.2 Å². The first-order valence-electron chi connectivity index (χ1n) is 7.74. The van der Waals surface area contributed by atoms with E-state index >= 15 is 0 Å². The zero-order chi connectivity index (χ0) is 15.2. The number of para-hydroxylation sites is 1. The third-order valence-corrected chi connectivity index (χ3v) is 4.03. The van der Waals surface area contributed by atoms with Gasteiger partial charge in [0.15, 0.2) is 0 Å². The fourth-order valence-corrected chi connectivity index (χ4v) is 2.88. The standard InChI is InChI=1S/C17H22N4O/c1-22-16-8-3-2-6-14(16)12-20-15-7-4-11-21(13-15)17-18-9-5-10-19-17/h2-3,5-6,8-10,15,20H,4,7,11-13H2,1H3/t15-/m0/s1. The average molecular weight is 298 g/mol. The van der Waals surface area contributed by atoms with Crippen molar-refractivity contribution in [2.75, 3.05) is 25.1 Å². The largest absolute Gasteiger partial charge is 0.496 e. The van der Waals surface area contributed by atoms with Crippen LogP contribution < -0.4 is 15.0 Å². The van der Waals surface area contributed by atoms with Crippen LogP contribution in [0.3, 0.4) is 0 Å². The second kappa shape index (κ2) is 7.22. The smallest absolute Gasteiger partial charge is 0.225 e. The van der Waals surface area contributed by atoms with Crippen LogP contribution in [0.4, 0.5) is 5.95 Å². The Morgan fingerprint density at radius 2 is 2.05 bits per heavy atom. The quantitative estimate of drug-likeness (QED) is 0.917. The van der Waals surface area contributed by atoms with Gasteiger partial charge in [0.05, 0.1) is 7.11 Å². The molecule has 1 atom stereocenters. The molecule has 1 aliphatic rings. The predicted molar refractivity (Wildman–Crippen MR) is 87.1 cm³/mol. The van der Waals surface area contributed by atoms with Crippen molar-refractivity contribution >= 4 is 5.95 Å². The number of piperidine rings is 1. The number of rotatable bonds is 5. The molecule has 0 bridgehead atoms. The van der Waals surface area contributed by atoms with Crippen LogP contribution in [0, 0.1) is 0 Å². The van der Waals surface area contributed by atoms with Crippen molar-refractivity contribution < 1.29 is 4.74 Å². The molecule has 1 aromatic heterocycles. The summed E-state index contributed by atoms with van der Waals surface area (Å²) in [5.41, 5.74) is 1.19. The van der Waals surface area contributed by atoms with Crippen LogP contribution >= 0.6 is 0 Å². The van der Waals surface area contributed by atoms with E-state index in [0.29, 0.717) is 6.04 Å². The normalized spacial score (nSPS) is 18.2. The molecule has 1 aromatic carbocycles. The van der Waals surface area contributed by atoms with Crippen LogP contribution in [-0.2, 0) is 6.54 Å². The number of nitrogens with one attached hydrogen (secondary N) is 1. The summed E-state index contributed by atoms with van der Waals surface area (Å²) in [6, 6.07) is 10.4. The molecule has 0 unspecified atom stereocenters. The van der Waals surface area contributed by atoms with Crippen LogP contribution in [0.25, 0.3) is 0 Å². The Bertz CT molecular complexity index is 590. The molecule has 3 rings (SSSR count). The van der Waals surface area contributed by atoms with Gasteiger partial charge in [0, 0.05) is 43.6 Å². The minimum absolute atomic E-state index is 0.447. The Kier molecular flexibility index (Phi) is 4.85. The van der Waals surface area contributed by atoms with Crippen molar-refractivity contribution in [2.24, 2.45) is 0 Å². The summed E-state index contributed by atoms with van der Waals surface area (Å²) in [6.45, 7) is 2.79. The average Bonchev–Trinajstić information content (AvgIpc) is 2.61. The van der Waals surface area contributed by atoms with Crippen LogP contribution in [0.1, 0.15) is 18.4 Å². The highest BCUT2D eigenvalue weighted by Gasteiger charge is 2.21. The predicted octanol–water partition coefficient (Wildman–Crippen LogP) is 2.24. The highest BCUT2D eigenvalue weighted by molar-refractivity contribution is 5.33. The van der Waals surface area contributed by atoms with Gasteiger partial charge in [-0.2, -0.15) is 0 Å². The molecule has 1 fully saturated rings. The van der Waals surface area contributed by atoms with Gasteiger partial charge in [0.2, 0.25) is 5.95 Å². The van der Waals surface area contributed by atoms with Gasteiger partial charge in [-0.25, -0.2) is 9.97 Å². The highest BCUT2D eigenvalue weighted by Crippen LogP contribution is 2.19. The molecule has 2 heterocycles. The summed E-state index contributed by atoms with van der Waals surface area (Å²) in [6.07, 6.45) is 5.93. The number of nitrogens with zero attached hydrogens (tertiary/aromatic N) is 3. The SMILES string of the molecule is COc1ccccc1CN[C@H]1CCCN(c2ncccn2)C1. The summed E-state index contributed by atoms with van der Waals surface area (Å²) < 4.78 is 5.41. The number of anilines is 1. The van der Waals surface area contributed by atoms with E-state index in [-0.39, 0.29) is 0 Å². The van der Waals surface area contributed by atoms with Crippen LogP contribution in [0.5, 0.6) is 5.75 Å². The zero-order valence-corrected chi connectivity index (χ0v) is 12.9. The van der Waals surface area contributed by atoms with Crippen LogP contribution in [0.15, 0.2) is 42.7 Å². The third kappa shape index (κ3) is 3.54. The monoisotopic (exact) mass is 298 g/mol. The van der Waals surface area contributed by atoms with E-state index in [4.69, 9.17) is 4.74 Å². The van der Waals surface area contributed by atoms with E-state index in [0.717, 1.165) is 37.8 Å². The molecular weight excluding hydrogens is 276 g/mol. The lowest BCUT2D eigenvalue weighted by Gasteiger charge is -2.33. The second-order valence-corrected chi connectivity index (χ2v) is 5.53. The summed E-state index contributed by atoms with van der Waals surface area (Å²) in [5, 5.41) is 3.64. The first-order chi connectivity index (χ1) is 10.9. The van der Waals surface area contributed by atoms with Gasteiger partial charge in [-0.05, 0) is 25.0 Å². The number of aromatic nitrogens is 2. The van der Waals surface area contributed by atoms with E-state index in [2.05, 4.69) is 26.3 Å². The molecule has 1 saturated heterocycles. The Morgan fingerprint density at radius 1 is 1.23 bits per heavy atom. The molecule has 2 aromatic rings. The van der Waals surface area contributed by atoms with Crippen molar-refractivity contribution in [3.63, 3.8) is 0 Å². The summed E-state index contributed by atoms with van der Waals surface area (Å²) >= 11 is 0. The number of hydrogen-bond acceptors (Lipinski definition) is 5. The number of ether oxygens (including phenoxy) is 1. The maximum absolute atomic E-state index is 5.41. The Labute approximate surface area is 131 Å². The molecule has 0 aliphatic carbocycles. The maximum Gasteiger partial charge on any atom is 0.225 e. The van der Waals surface area contributed by atoms with Crippen molar-refractivity contribution in [1.82, 2.24) is 15.3 Å². The molecule has 0 spiro atoms. The first kappa shape index (κ1) is 14.8. The second-order valence-electron chi connectivity index (χ2n) is 5.53. The Balaban J connectivity index is 1.59. The minimum Gasteiger partial charge on any atom is -0.496 e. The topological polar surface area (TPSA) is 50.3 Å². The van der Waals surface area contributed by atoms with Gasteiger partial charge in [-0.1, -0.05) is 18.2 Å². The third-order valence-electron chi connectivity index (χ3n) is 4.03. The van der Waals surface area contributed by atoms with Gasteiger partial charge in [0.1, 0.15) is 5.75 Å². The summed E-state index contributed by atoms with van der Waals surface area (Å²) in [7, 11) is 1.72. The lowest BCUT2D eigenvalue weighted by atomic mass is 10.1. The van der Waals surface area contributed by atoms with Crippen molar-refractivity contribution in [1.29, 1.82) is 0 Å². The van der Waals surface area contributed by atoms with E-state index in [1.54, 1.807) is 19.5 Å². The molecule has 22 heavy (non-hydrogen) atoms. The lowest BCUT2D eigenvalue weighted by molar-refractivity contribution is 0.393. The van der Waals surface area contributed by atoms with E-state index < -0.39 is 0 Å². The van der Waals surface area contributed by atoms with Crippen LogP contribution in [0.2, 0.25) is 0 Å². The molecule has 116 valence electrons. The molecule has 0 amide bonds. The molecule has 0 saturated carbocycles. The van der Waals surface area contributed by atoms with Gasteiger partial charge in [-0.3, -0.25) is 0 Å². The fourth-order valence-electron chi connectivity index (χ4n) is 2.88. The minimum atomic E-state index is 0.447. The van der Waals surface area contributed by atoms with Gasteiger partial charge >= 0.3 is 0 Å². The van der Waals surface area contributed by atoms with Crippen molar-refractivity contribution in [3.8, 4) is 5.75 Å². The van der Waals surface area contributed by atoms with Crippen molar-refractivity contribution in [3.05, 3.63) is 48.3 Å². The number of hydrogen-bond donors (Lipinski definition) is 1. The lowest BCUT2D eigenvalue weighted by Crippen LogP contribution is -2.46. The van der Waals surface area contributed by atoms with E-state index in [9.17, 15) is 0 Å². The zero-order valence-electron chi connectivity index (χ0n) is 12.9. The molecule has 0 radical (unpaired) electrons. The van der Waals surface area contributed by atoms with Gasteiger partial charge < -0.3 is 15.0 Å². The fraction of sp³-hybridized carbons (Fsp3) is 0.412. The molecular formula is C17H22N4O. The highest BCUT2D eigenvalue weighted by atomic mass is 16.5.